The summed E-state index contributed by atoms with van der Waals surface area (Å²) in [6.45, 7) is 1.60. The van der Waals surface area contributed by atoms with E-state index in [-0.39, 0.29) is 23.8 Å². The normalized spacial score (nSPS) is 17.6. The van der Waals surface area contributed by atoms with Crippen molar-refractivity contribution in [3.05, 3.63) is 41.4 Å². The SMILES string of the molecule is CC(OC(=O)c1cccc(NC(=O)C2CC2)c1)C(=O)N(c1nccs1)C1CCCCC1. The molecule has 1 heterocycles. The first-order valence-corrected chi connectivity index (χ1v) is 11.8. The maximum atomic E-state index is 13.3. The monoisotopic (exact) mass is 441 g/mol. The molecule has 0 radical (unpaired) electrons. The Morgan fingerprint density at radius 3 is 2.61 bits per heavy atom. The molecule has 0 aliphatic heterocycles. The first kappa shape index (κ1) is 21.5. The molecule has 2 amide bonds. The highest BCUT2D eigenvalue weighted by molar-refractivity contribution is 7.13. The van der Waals surface area contributed by atoms with Gasteiger partial charge in [0, 0.05) is 29.2 Å². The summed E-state index contributed by atoms with van der Waals surface area (Å²) >= 11 is 1.41. The summed E-state index contributed by atoms with van der Waals surface area (Å²) in [5.41, 5.74) is 0.851. The van der Waals surface area contributed by atoms with Crippen LogP contribution in [0.15, 0.2) is 35.8 Å². The van der Waals surface area contributed by atoms with Gasteiger partial charge in [0.25, 0.3) is 5.91 Å². The molecular formula is C23H27N3O4S. The molecule has 0 bridgehead atoms. The first-order valence-electron chi connectivity index (χ1n) is 10.9. The Kier molecular flexibility index (Phi) is 6.65. The Labute approximate surface area is 185 Å². The van der Waals surface area contributed by atoms with Crippen molar-refractivity contribution in [2.45, 2.75) is 64.0 Å². The molecule has 2 fully saturated rings. The van der Waals surface area contributed by atoms with Gasteiger partial charge < -0.3 is 10.1 Å². The molecule has 2 saturated carbocycles. The Balaban J connectivity index is 1.43. The van der Waals surface area contributed by atoms with Crippen LogP contribution in [-0.4, -0.2) is 34.9 Å². The highest BCUT2D eigenvalue weighted by Gasteiger charge is 2.33. The summed E-state index contributed by atoms with van der Waals surface area (Å²) in [6.07, 6.45) is 7.73. The van der Waals surface area contributed by atoms with Gasteiger partial charge >= 0.3 is 5.97 Å². The number of rotatable bonds is 7. The maximum Gasteiger partial charge on any atom is 0.338 e. The lowest BCUT2D eigenvalue weighted by Crippen LogP contribution is -2.47. The number of carbonyl (C=O) groups excluding carboxylic acids is 3. The maximum absolute atomic E-state index is 13.3. The third kappa shape index (κ3) is 5.31. The van der Waals surface area contributed by atoms with E-state index in [4.69, 9.17) is 4.74 Å². The Morgan fingerprint density at radius 1 is 1.16 bits per heavy atom. The van der Waals surface area contributed by atoms with Crippen molar-refractivity contribution in [3.63, 3.8) is 0 Å². The molecule has 1 aromatic carbocycles. The van der Waals surface area contributed by atoms with Gasteiger partial charge in [0.15, 0.2) is 11.2 Å². The van der Waals surface area contributed by atoms with E-state index in [0.717, 1.165) is 38.5 Å². The topological polar surface area (TPSA) is 88.6 Å². The minimum Gasteiger partial charge on any atom is -0.449 e. The van der Waals surface area contributed by atoms with Crippen LogP contribution in [0.3, 0.4) is 0 Å². The van der Waals surface area contributed by atoms with Crippen molar-refractivity contribution in [2.24, 2.45) is 5.92 Å². The molecule has 1 N–H and O–H groups in total. The van der Waals surface area contributed by atoms with Gasteiger partial charge in [-0.3, -0.25) is 14.5 Å². The molecule has 31 heavy (non-hydrogen) atoms. The van der Waals surface area contributed by atoms with E-state index in [0.29, 0.717) is 16.4 Å². The van der Waals surface area contributed by atoms with Crippen LogP contribution in [0.1, 0.15) is 62.2 Å². The Bertz CT molecular complexity index is 936. The van der Waals surface area contributed by atoms with E-state index in [2.05, 4.69) is 10.3 Å². The lowest BCUT2D eigenvalue weighted by molar-refractivity contribution is -0.127. The van der Waals surface area contributed by atoms with Gasteiger partial charge in [0.2, 0.25) is 5.91 Å². The van der Waals surface area contributed by atoms with Crippen LogP contribution in [0, 0.1) is 5.92 Å². The first-order chi connectivity index (χ1) is 15.0. The number of anilines is 2. The molecule has 1 aromatic heterocycles. The molecule has 1 atom stereocenters. The predicted octanol–water partition coefficient (Wildman–Crippen LogP) is 4.40. The molecule has 0 saturated heterocycles. The highest BCUT2D eigenvalue weighted by atomic mass is 32.1. The van der Waals surface area contributed by atoms with E-state index in [1.54, 1.807) is 42.3 Å². The zero-order chi connectivity index (χ0) is 21.8. The zero-order valence-corrected chi connectivity index (χ0v) is 18.4. The number of esters is 1. The molecule has 2 aromatic rings. The van der Waals surface area contributed by atoms with E-state index in [1.165, 1.54) is 17.8 Å². The van der Waals surface area contributed by atoms with Crippen LogP contribution in [0.25, 0.3) is 0 Å². The van der Waals surface area contributed by atoms with Crippen molar-refractivity contribution in [3.8, 4) is 0 Å². The molecule has 1 unspecified atom stereocenters. The summed E-state index contributed by atoms with van der Waals surface area (Å²) in [6, 6.07) is 6.70. The molecule has 2 aliphatic carbocycles. The fraction of sp³-hybridized carbons (Fsp3) is 0.478. The third-order valence-electron chi connectivity index (χ3n) is 5.75. The second-order valence-corrected chi connectivity index (χ2v) is 9.08. The van der Waals surface area contributed by atoms with Gasteiger partial charge in [-0.25, -0.2) is 9.78 Å². The third-order valence-corrected chi connectivity index (χ3v) is 6.52. The van der Waals surface area contributed by atoms with Gasteiger partial charge in [0.05, 0.1) is 5.56 Å². The number of hydrogen-bond donors (Lipinski definition) is 1. The standard InChI is InChI=1S/C23H27N3O4S/c1-15(21(28)26(23-24-12-13-31-23)19-8-3-2-4-9-19)30-22(29)17-6-5-7-18(14-17)25-20(27)16-10-11-16/h5-7,12-16,19H,2-4,8-11H2,1H3,(H,25,27). The minimum atomic E-state index is -0.942. The second kappa shape index (κ2) is 9.60. The van der Waals surface area contributed by atoms with Gasteiger partial charge in [-0.15, -0.1) is 11.3 Å². The zero-order valence-electron chi connectivity index (χ0n) is 17.6. The Morgan fingerprint density at radius 2 is 1.94 bits per heavy atom. The summed E-state index contributed by atoms with van der Waals surface area (Å²) in [5, 5.41) is 5.31. The molecule has 0 spiro atoms. The number of ether oxygens (including phenoxy) is 1. The fourth-order valence-electron chi connectivity index (χ4n) is 3.89. The average molecular weight is 442 g/mol. The minimum absolute atomic E-state index is 0.0272. The lowest BCUT2D eigenvalue weighted by atomic mass is 9.94. The van der Waals surface area contributed by atoms with Crippen LogP contribution in [-0.2, 0) is 14.3 Å². The Hall–Kier alpha value is -2.74. The van der Waals surface area contributed by atoms with Gasteiger partial charge in [-0.2, -0.15) is 0 Å². The summed E-state index contributed by atoms with van der Waals surface area (Å²) in [4.78, 5) is 44.0. The number of aromatic nitrogens is 1. The molecule has 4 rings (SSSR count). The molecule has 164 valence electrons. The van der Waals surface area contributed by atoms with E-state index >= 15 is 0 Å². The number of nitrogens with one attached hydrogen (secondary N) is 1. The fourth-order valence-corrected chi connectivity index (χ4v) is 4.61. The number of benzene rings is 1. The van der Waals surface area contributed by atoms with Crippen molar-refractivity contribution in [1.82, 2.24) is 4.98 Å². The van der Waals surface area contributed by atoms with E-state index in [9.17, 15) is 14.4 Å². The van der Waals surface area contributed by atoms with Crippen LogP contribution in [0.4, 0.5) is 10.8 Å². The highest BCUT2D eigenvalue weighted by Crippen LogP contribution is 2.31. The van der Waals surface area contributed by atoms with Crippen LogP contribution in [0.5, 0.6) is 0 Å². The molecule has 2 aliphatic rings. The van der Waals surface area contributed by atoms with Gasteiger partial charge in [0.1, 0.15) is 0 Å². The summed E-state index contributed by atoms with van der Waals surface area (Å²) in [5.74, 6) is -0.801. The van der Waals surface area contributed by atoms with Crippen molar-refractivity contribution >= 4 is 39.9 Å². The second-order valence-electron chi connectivity index (χ2n) is 8.21. The lowest BCUT2D eigenvalue weighted by Gasteiger charge is -2.33. The average Bonchev–Trinajstić information content (AvgIpc) is 3.51. The summed E-state index contributed by atoms with van der Waals surface area (Å²) < 4.78 is 5.52. The van der Waals surface area contributed by atoms with Gasteiger partial charge in [-0.05, 0) is 50.8 Å². The van der Waals surface area contributed by atoms with E-state index in [1.807, 2.05) is 5.38 Å². The molecular weight excluding hydrogens is 414 g/mol. The number of amides is 2. The van der Waals surface area contributed by atoms with E-state index < -0.39 is 12.1 Å². The van der Waals surface area contributed by atoms with Crippen LogP contribution < -0.4 is 10.2 Å². The molecule has 7 nitrogen and oxygen atoms in total. The van der Waals surface area contributed by atoms with Crippen LogP contribution in [0.2, 0.25) is 0 Å². The van der Waals surface area contributed by atoms with Crippen molar-refractivity contribution < 1.29 is 19.1 Å². The number of hydrogen-bond acceptors (Lipinski definition) is 6. The number of nitrogens with zero attached hydrogens (tertiary/aromatic N) is 2. The smallest absolute Gasteiger partial charge is 0.338 e. The summed E-state index contributed by atoms with van der Waals surface area (Å²) in [7, 11) is 0. The van der Waals surface area contributed by atoms with Gasteiger partial charge in [-0.1, -0.05) is 25.3 Å². The largest absolute Gasteiger partial charge is 0.449 e. The predicted molar refractivity (Wildman–Crippen MR) is 119 cm³/mol. The van der Waals surface area contributed by atoms with Crippen LogP contribution >= 0.6 is 11.3 Å². The number of thiazole rings is 1. The quantitative estimate of drug-likeness (QED) is 0.643. The van der Waals surface area contributed by atoms with Crippen molar-refractivity contribution in [2.75, 3.05) is 10.2 Å². The number of carbonyl (C=O) groups is 3. The van der Waals surface area contributed by atoms with Crippen molar-refractivity contribution in [1.29, 1.82) is 0 Å². The molecule has 8 heteroatoms.